The zero-order chi connectivity index (χ0) is 20.0. The van der Waals surface area contributed by atoms with Gasteiger partial charge in [-0.1, -0.05) is 30.3 Å². The fourth-order valence-electron chi connectivity index (χ4n) is 5.04. The van der Waals surface area contributed by atoms with Crippen LogP contribution in [0.3, 0.4) is 0 Å². The fourth-order valence-corrected chi connectivity index (χ4v) is 5.04. The minimum Gasteiger partial charge on any atom is -0.508 e. The first kappa shape index (κ1) is 17.9. The lowest BCUT2D eigenvalue weighted by molar-refractivity contribution is 0.357. The van der Waals surface area contributed by atoms with E-state index in [0.29, 0.717) is 11.5 Å². The van der Waals surface area contributed by atoms with Gasteiger partial charge >= 0.3 is 0 Å². The quantitative estimate of drug-likeness (QED) is 0.624. The summed E-state index contributed by atoms with van der Waals surface area (Å²) in [4.78, 5) is 0. The molecule has 3 nitrogen and oxygen atoms in total. The molecule has 0 radical (unpaired) electrons. The van der Waals surface area contributed by atoms with Crippen molar-refractivity contribution in [1.82, 2.24) is 0 Å². The number of ether oxygens (including phenoxy) is 1. The highest BCUT2D eigenvalue weighted by Crippen LogP contribution is 2.55. The van der Waals surface area contributed by atoms with Crippen LogP contribution in [-0.2, 0) is 19.3 Å². The molecular formula is C26H24O3. The summed E-state index contributed by atoms with van der Waals surface area (Å²) in [5.41, 5.74) is 7.46. The van der Waals surface area contributed by atoms with Crippen molar-refractivity contribution in [2.45, 2.75) is 25.7 Å². The van der Waals surface area contributed by atoms with Crippen molar-refractivity contribution in [1.29, 1.82) is 0 Å². The van der Waals surface area contributed by atoms with E-state index in [4.69, 9.17) is 4.74 Å². The van der Waals surface area contributed by atoms with E-state index in [0.717, 1.165) is 42.6 Å². The maximum absolute atomic E-state index is 10.2. The van der Waals surface area contributed by atoms with Crippen LogP contribution in [0.1, 0.15) is 34.2 Å². The highest BCUT2D eigenvalue weighted by Gasteiger charge is 2.43. The van der Waals surface area contributed by atoms with Crippen molar-refractivity contribution in [2.75, 3.05) is 7.11 Å². The summed E-state index contributed by atoms with van der Waals surface area (Å²) in [5.74, 6) is 1.49. The van der Waals surface area contributed by atoms with Crippen LogP contribution < -0.4 is 4.74 Å². The Kier molecular flexibility index (Phi) is 4.13. The van der Waals surface area contributed by atoms with Gasteiger partial charge in [-0.05, 0) is 95.5 Å². The van der Waals surface area contributed by atoms with E-state index in [1.54, 1.807) is 19.2 Å². The molecule has 3 aromatic rings. The molecule has 0 bridgehead atoms. The standard InChI is InChI=1S/C26H24O3/c1-29-23-8-2-17(3-9-23)12-25-24-14-22(28)7-5-20(24)16-26(25)11-10-18-13-21(27)6-4-19(18)15-26/h2-9,12-14,27-28H,10-11,15-16H2,1H3/b25-12+. The summed E-state index contributed by atoms with van der Waals surface area (Å²) in [6.07, 6.45) is 6.17. The van der Waals surface area contributed by atoms with E-state index in [1.165, 1.54) is 22.3 Å². The number of aromatic hydroxyl groups is 2. The van der Waals surface area contributed by atoms with Crippen LogP contribution in [0.4, 0.5) is 0 Å². The molecule has 2 N–H and O–H groups in total. The van der Waals surface area contributed by atoms with Crippen molar-refractivity contribution in [2.24, 2.45) is 5.41 Å². The molecule has 2 aliphatic rings. The van der Waals surface area contributed by atoms with E-state index in [9.17, 15) is 10.2 Å². The van der Waals surface area contributed by atoms with Gasteiger partial charge in [0.05, 0.1) is 7.11 Å². The molecule has 2 aliphatic carbocycles. The SMILES string of the molecule is COc1ccc(/C=C2\c3cc(O)ccc3CC23CCc2cc(O)ccc2C3)cc1. The smallest absolute Gasteiger partial charge is 0.118 e. The molecule has 0 aliphatic heterocycles. The van der Waals surface area contributed by atoms with Gasteiger partial charge < -0.3 is 14.9 Å². The van der Waals surface area contributed by atoms with Crippen molar-refractivity contribution in [3.05, 3.63) is 88.5 Å². The number of allylic oxidation sites excluding steroid dienone is 1. The van der Waals surface area contributed by atoms with Gasteiger partial charge in [0.2, 0.25) is 0 Å². The number of hydrogen-bond donors (Lipinski definition) is 2. The largest absolute Gasteiger partial charge is 0.508 e. The Morgan fingerprint density at radius 3 is 2.28 bits per heavy atom. The minimum atomic E-state index is 0.0139. The average Bonchev–Trinajstić information content (AvgIpc) is 3.01. The topological polar surface area (TPSA) is 49.7 Å². The third-order valence-electron chi connectivity index (χ3n) is 6.50. The van der Waals surface area contributed by atoms with Gasteiger partial charge in [-0.2, -0.15) is 0 Å². The molecule has 3 heteroatoms. The molecule has 29 heavy (non-hydrogen) atoms. The number of benzene rings is 3. The molecule has 5 rings (SSSR count). The molecule has 0 amide bonds. The van der Waals surface area contributed by atoms with Gasteiger partial charge in [0.15, 0.2) is 0 Å². The van der Waals surface area contributed by atoms with Gasteiger partial charge in [-0.15, -0.1) is 0 Å². The Hall–Kier alpha value is -3.20. The molecule has 146 valence electrons. The highest BCUT2D eigenvalue weighted by molar-refractivity contribution is 5.90. The summed E-state index contributed by atoms with van der Waals surface area (Å²) < 4.78 is 5.30. The zero-order valence-corrected chi connectivity index (χ0v) is 16.5. The molecule has 0 saturated heterocycles. The van der Waals surface area contributed by atoms with E-state index in [1.807, 2.05) is 24.3 Å². The van der Waals surface area contributed by atoms with Crippen LogP contribution >= 0.6 is 0 Å². The first-order valence-corrected chi connectivity index (χ1v) is 10.1. The second-order valence-electron chi connectivity index (χ2n) is 8.26. The monoisotopic (exact) mass is 384 g/mol. The summed E-state index contributed by atoms with van der Waals surface area (Å²) >= 11 is 0. The van der Waals surface area contributed by atoms with E-state index in [-0.39, 0.29) is 5.41 Å². The Balaban J connectivity index is 1.62. The van der Waals surface area contributed by atoms with Crippen LogP contribution in [0.2, 0.25) is 0 Å². The van der Waals surface area contributed by atoms with Gasteiger partial charge in [-0.3, -0.25) is 0 Å². The summed E-state index contributed by atoms with van der Waals surface area (Å²) in [7, 11) is 1.68. The van der Waals surface area contributed by atoms with Crippen molar-refractivity contribution < 1.29 is 14.9 Å². The first-order valence-electron chi connectivity index (χ1n) is 10.1. The zero-order valence-electron chi connectivity index (χ0n) is 16.5. The van der Waals surface area contributed by atoms with Gasteiger partial charge in [0.1, 0.15) is 17.2 Å². The van der Waals surface area contributed by atoms with Gasteiger partial charge in [-0.25, -0.2) is 0 Å². The van der Waals surface area contributed by atoms with Crippen molar-refractivity contribution in [3.63, 3.8) is 0 Å². The maximum atomic E-state index is 10.2. The van der Waals surface area contributed by atoms with Crippen LogP contribution in [0.5, 0.6) is 17.2 Å². The fraction of sp³-hybridized carbons (Fsp3) is 0.231. The molecule has 0 saturated carbocycles. The predicted molar refractivity (Wildman–Crippen MR) is 115 cm³/mol. The summed E-state index contributed by atoms with van der Waals surface area (Å²) in [6.45, 7) is 0. The number of fused-ring (bicyclic) bond motifs is 2. The number of phenolic OH excluding ortho intramolecular Hbond substituents is 2. The van der Waals surface area contributed by atoms with Gasteiger partial charge in [0.25, 0.3) is 0 Å². The Labute approximate surface area is 170 Å². The van der Waals surface area contributed by atoms with E-state index in [2.05, 4.69) is 30.3 Å². The summed E-state index contributed by atoms with van der Waals surface area (Å²) in [5, 5.41) is 20.0. The molecule has 1 spiro atoms. The van der Waals surface area contributed by atoms with Crippen LogP contribution in [0, 0.1) is 5.41 Å². The molecule has 0 aromatic heterocycles. The second-order valence-corrected chi connectivity index (χ2v) is 8.26. The minimum absolute atomic E-state index is 0.0139. The van der Waals surface area contributed by atoms with Crippen LogP contribution in [-0.4, -0.2) is 17.3 Å². The molecule has 1 atom stereocenters. The first-order chi connectivity index (χ1) is 14.1. The second kappa shape index (κ2) is 6.70. The maximum Gasteiger partial charge on any atom is 0.118 e. The lowest BCUT2D eigenvalue weighted by Gasteiger charge is -2.36. The van der Waals surface area contributed by atoms with Crippen molar-refractivity contribution >= 4 is 11.6 Å². The highest BCUT2D eigenvalue weighted by atomic mass is 16.5. The van der Waals surface area contributed by atoms with Crippen LogP contribution in [0.15, 0.2) is 60.7 Å². The average molecular weight is 384 g/mol. The summed E-state index contributed by atoms with van der Waals surface area (Å²) in [6, 6.07) is 19.6. The lowest BCUT2D eigenvalue weighted by atomic mass is 9.67. The van der Waals surface area contributed by atoms with E-state index >= 15 is 0 Å². The third-order valence-corrected chi connectivity index (χ3v) is 6.50. The Morgan fingerprint density at radius 2 is 1.52 bits per heavy atom. The Morgan fingerprint density at radius 1 is 0.828 bits per heavy atom. The number of hydrogen-bond acceptors (Lipinski definition) is 3. The number of methoxy groups -OCH3 is 1. The number of phenols is 2. The Bertz CT molecular complexity index is 1110. The van der Waals surface area contributed by atoms with Crippen LogP contribution in [0.25, 0.3) is 11.6 Å². The molecule has 0 heterocycles. The molecular weight excluding hydrogens is 360 g/mol. The van der Waals surface area contributed by atoms with Crippen molar-refractivity contribution in [3.8, 4) is 17.2 Å². The lowest BCUT2D eigenvalue weighted by Crippen LogP contribution is -2.29. The van der Waals surface area contributed by atoms with E-state index < -0.39 is 0 Å². The number of rotatable bonds is 2. The molecule has 3 aromatic carbocycles. The third kappa shape index (κ3) is 3.07. The number of aryl methyl sites for hydroxylation is 1. The van der Waals surface area contributed by atoms with Gasteiger partial charge in [0, 0.05) is 5.41 Å². The normalized spacial score (nSPS) is 21.2. The molecule has 0 fully saturated rings. The molecule has 1 unspecified atom stereocenters. The predicted octanol–water partition coefficient (Wildman–Crippen LogP) is 5.38.